The molecule has 4 atom stereocenters. The van der Waals surface area contributed by atoms with E-state index in [1.165, 1.54) is 0 Å². The fourth-order valence-electron chi connectivity index (χ4n) is 5.46. The summed E-state index contributed by atoms with van der Waals surface area (Å²) in [5.74, 6) is 0.899. The minimum Gasteiger partial charge on any atom is -0.294 e. The Labute approximate surface area is 132 Å². The monoisotopic (exact) mass is 296 g/mol. The van der Waals surface area contributed by atoms with Crippen molar-refractivity contribution in [1.82, 2.24) is 0 Å². The molecule has 4 rings (SSSR count). The van der Waals surface area contributed by atoms with Gasteiger partial charge < -0.3 is 0 Å². The van der Waals surface area contributed by atoms with Crippen molar-refractivity contribution in [3.63, 3.8) is 0 Å². The molecule has 2 saturated carbocycles. The van der Waals surface area contributed by atoms with Crippen LogP contribution in [0.25, 0.3) is 0 Å². The number of unbranched alkanes of at least 4 members (excludes halogenated alkanes) is 1. The summed E-state index contributed by atoms with van der Waals surface area (Å²) in [6.45, 7) is 4.39. The number of rotatable bonds is 3. The standard InChI is InChI=1S/C20H24O2/c1-3-4-6-12-7-5-8-14-15(12)19(22)16-13-9-10-20(2,11-13)17(16)18(14)21/h5,7-8,13,16-17H,3-4,6,9-11H2,1-2H3. The molecule has 22 heavy (non-hydrogen) atoms. The fourth-order valence-corrected chi connectivity index (χ4v) is 5.46. The Kier molecular flexibility index (Phi) is 3.08. The van der Waals surface area contributed by atoms with Crippen LogP contribution in [0.1, 0.15) is 72.2 Å². The van der Waals surface area contributed by atoms with Gasteiger partial charge in [0.15, 0.2) is 11.6 Å². The number of ketones is 2. The first-order chi connectivity index (χ1) is 10.6. The fraction of sp³-hybridized carbons (Fsp3) is 0.600. The molecule has 2 bridgehead atoms. The molecule has 0 aliphatic heterocycles. The second-order valence-corrected chi connectivity index (χ2v) is 7.83. The molecule has 0 spiro atoms. The first-order valence-electron chi connectivity index (χ1n) is 8.77. The number of fused-ring (bicyclic) bond motifs is 6. The number of carbonyl (C=O) groups excluding carboxylic acids is 2. The number of hydrogen-bond donors (Lipinski definition) is 0. The highest BCUT2D eigenvalue weighted by molar-refractivity contribution is 6.17. The quantitative estimate of drug-likeness (QED) is 0.825. The average molecular weight is 296 g/mol. The zero-order valence-corrected chi connectivity index (χ0v) is 13.5. The van der Waals surface area contributed by atoms with Gasteiger partial charge in [0, 0.05) is 23.0 Å². The maximum Gasteiger partial charge on any atom is 0.167 e. The molecule has 0 saturated heterocycles. The van der Waals surface area contributed by atoms with Gasteiger partial charge in [0.2, 0.25) is 0 Å². The van der Waals surface area contributed by atoms with E-state index in [9.17, 15) is 9.59 Å². The predicted octanol–water partition coefficient (Wildman–Crippen LogP) is 4.46. The second kappa shape index (κ2) is 4.78. The lowest BCUT2D eigenvalue weighted by atomic mass is 9.62. The summed E-state index contributed by atoms with van der Waals surface area (Å²) in [7, 11) is 0. The van der Waals surface area contributed by atoms with E-state index in [-0.39, 0.29) is 28.8 Å². The first-order valence-corrected chi connectivity index (χ1v) is 8.77. The van der Waals surface area contributed by atoms with Gasteiger partial charge in [-0.05, 0) is 49.0 Å². The minimum absolute atomic E-state index is 0.0264. The van der Waals surface area contributed by atoms with Gasteiger partial charge in [-0.25, -0.2) is 0 Å². The van der Waals surface area contributed by atoms with E-state index < -0.39 is 0 Å². The van der Waals surface area contributed by atoms with Crippen molar-refractivity contribution < 1.29 is 9.59 Å². The summed E-state index contributed by atoms with van der Waals surface area (Å²) in [6.07, 6.45) is 6.41. The minimum atomic E-state index is -0.0484. The van der Waals surface area contributed by atoms with Crippen molar-refractivity contribution in [2.45, 2.75) is 52.4 Å². The van der Waals surface area contributed by atoms with Crippen LogP contribution in [0.5, 0.6) is 0 Å². The highest BCUT2D eigenvalue weighted by Gasteiger charge is 2.62. The summed E-state index contributed by atoms with van der Waals surface area (Å²) in [4.78, 5) is 26.3. The van der Waals surface area contributed by atoms with Gasteiger partial charge >= 0.3 is 0 Å². The van der Waals surface area contributed by atoms with Crippen LogP contribution in [0, 0.1) is 23.2 Å². The summed E-state index contributed by atoms with van der Waals surface area (Å²) in [5.41, 5.74) is 2.66. The van der Waals surface area contributed by atoms with Gasteiger partial charge in [-0.3, -0.25) is 9.59 Å². The van der Waals surface area contributed by atoms with Crippen LogP contribution in [0.3, 0.4) is 0 Å². The lowest BCUT2D eigenvalue weighted by Crippen LogP contribution is -2.44. The van der Waals surface area contributed by atoms with E-state index in [0.29, 0.717) is 11.5 Å². The van der Waals surface area contributed by atoms with E-state index in [2.05, 4.69) is 19.9 Å². The molecule has 3 aliphatic rings. The van der Waals surface area contributed by atoms with Crippen LogP contribution in [0.4, 0.5) is 0 Å². The van der Waals surface area contributed by atoms with Gasteiger partial charge in [-0.2, -0.15) is 0 Å². The summed E-state index contributed by atoms with van der Waals surface area (Å²) in [6, 6.07) is 5.90. The number of Topliss-reactive ketones (excluding diaryl/α,β-unsaturated/α-hetero) is 2. The molecule has 2 nitrogen and oxygen atoms in total. The van der Waals surface area contributed by atoms with E-state index in [1.54, 1.807) is 0 Å². The molecule has 0 radical (unpaired) electrons. The summed E-state index contributed by atoms with van der Waals surface area (Å²) >= 11 is 0. The number of benzene rings is 1. The summed E-state index contributed by atoms with van der Waals surface area (Å²) < 4.78 is 0. The molecule has 1 aromatic carbocycles. The molecule has 2 heteroatoms. The molecular formula is C20H24O2. The SMILES string of the molecule is CCCCc1cccc2c1C(=O)C1C3CCC(C)(C3)C1C2=O. The van der Waals surface area contributed by atoms with E-state index in [0.717, 1.165) is 49.7 Å². The maximum absolute atomic E-state index is 13.2. The van der Waals surface area contributed by atoms with Crippen molar-refractivity contribution >= 4 is 11.6 Å². The predicted molar refractivity (Wildman–Crippen MR) is 86.1 cm³/mol. The van der Waals surface area contributed by atoms with E-state index in [1.807, 2.05) is 12.1 Å². The molecule has 116 valence electrons. The average Bonchev–Trinajstić information content (AvgIpc) is 3.04. The lowest BCUT2D eigenvalue weighted by molar-refractivity contribution is 0.0572. The number of carbonyl (C=O) groups is 2. The normalized spacial score (nSPS) is 35.6. The smallest absolute Gasteiger partial charge is 0.167 e. The molecule has 0 amide bonds. The molecule has 0 heterocycles. The molecule has 3 aliphatic carbocycles. The topological polar surface area (TPSA) is 34.1 Å². The Morgan fingerprint density at radius 2 is 2.05 bits per heavy atom. The molecule has 2 fully saturated rings. The van der Waals surface area contributed by atoms with Crippen LogP contribution in [-0.4, -0.2) is 11.6 Å². The Morgan fingerprint density at radius 1 is 1.23 bits per heavy atom. The van der Waals surface area contributed by atoms with Crippen molar-refractivity contribution in [2.24, 2.45) is 23.2 Å². The highest BCUT2D eigenvalue weighted by Crippen LogP contribution is 2.63. The number of hydrogen-bond acceptors (Lipinski definition) is 2. The Bertz CT molecular complexity index is 660. The van der Waals surface area contributed by atoms with Crippen LogP contribution in [0.15, 0.2) is 18.2 Å². The third-order valence-electron chi connectivity index (χ3n) is 6.48. The van der Waals surface area contributed by atoms with E-state index in [4.69, 9.17) is 0 Å². The van der Waals surface area contributed by atoms with E-state index >= 15 is 0 Å². The van der Waals surface area contributed by atoms with Gasteiger partial charge in [0.05, 0.1) is 0 Å². The maximum atomic E-state index is 13.2. The zero-order chi connectivity index (χ0) is 15.5. The van der Waals surface area contributed by atoms with Gasteiger partial charge in [-0.15, -0.1) is 0 Å². The van der Waals surface area contributed by atoms with Crippen LogP contribution in [-0.2, 0) is 6.42 Å². The molecular weight excluding hydrogens is 272 g/mol. The molecule has 4 unspecified atom stereocenters. The van der Waals surface area contributed by atoms with Gasteiger partial charge in [-0.1, -0.05) is 38.5 Å². The zero-order valence-electron chi connectivity index (χ0n) is 13.5. The van der Waals surface area contributed by atoms with Gasteiger partial charge in [0.25, 0.3) is 0 Å². The third-order valence-corrected chi connectivity index (χ3v) is 6.48. The van der Waals surface area contributed by atoms with Crippen molar-refractivity contribution in [3.8, 4) is 0 Å². The summed E-state index contributed by atoms with van der Waals surface area (Å²) in [5, 5.41) is 0. The second-order valence-electron chi connectivity index (χ2n) is 7.83. The first kappa shape index (κ1) is 14.2. The van der Waals surface area contributed by atoms with Crippen LogP contribution >= 0.6 is 0 Å². The molecule has 0 N–H and O–H groups in total. The van der Waals surface area contributed by atoms with Gasteiger partial charge in [0.1, 0.15) is 0 Å². The van der Waals surface area contributed by atoms with Crippen LogP contribution in [0.2, 0.25) is 0 Å². The highest BCUT2D eigenvalue weighted by atomic mass is 16.1. The van der Waals surface area contributed by atoms with Crippen molar-refractivity contribution in [1.29, 1.82) is 0 Å². The Balaban J connectivity index is 1.83. The van der Waals surface area contributed by atoms with Crippen LogP contribution < -0.4 is 0 Å². The number of aryl methyl sites for hydroxylation is 1. The molecule has 0 aromatic heterocycles. The lowest BCUT2D eigenvalue weighted by Gasteiger charge is -2.39. The largest absolute Gasteiger partial charge is 0.294 e. The molecule has 1 aromatic rings. The third kappa shape index (κ3) is 1.73. The Morgan fingerprint density at radius 3 is 2.82 bits per heavy atom. The van der Waals surface area contributed by atoms with Crippen molar-refractivity contribution in [3.05, 3.63) is 34.9 Å². The Hall–Kier alpha value is -1.44. The van der Waals surface area contributed by atoms with Crippen molar-refractivity contribution in [2.75, 3.05) is 0 Å².